The Bertz CT molecular complexity index is 504. The van der Waals surface area contributed by atoms with Gasteiger partial charge in [0.2, 0.25) is 5.91 Å². The van der Waals surface area contributed by atoms with E-state index in [1.54, 1.807) is 24.1 Å². The number of hydrogen-bond donors (Lipinski definition) is 2. The van der Waals surface area contributed by atoms with Crippen molar-refractivity contribution in [3.8, 4) is 0 Å². The van der Waals surface area contributed by atoms with E-state index in [4.69, 9.17) is 15.7 Å². The minimum Gasteiger partial charge on any atom is -0.409 e. The predicted octanol–water partition coefficient (Wildman–Crippen LogP) is 1.15. The highest BCUT2D eigenvalue weighted by Crippen LogP contribution is 2.22. The minimum absolute atomic E-state index is 0.0476. The SMILES string of the molecule is COC1CCCN(C(=O)C(/C(N)=N/O)c2ccccc2)C1. The van der Waals surface area contributed by atoms with Gasteiger partial charge < -0.3 is 20.6 Å². The Hall–Kier alpha value is -2.08. The first-order valence-corrected chi connectivity index (χ1v) is 7.01. The second kappa shape index (κ2) is 7.08. The Labute approximate surface area is 124 Å². The summed E-state index contributed by atoms with van der Waals surface area (Å²) in [7, 11) is 1.65. The van der Waals surface area contributed by atoms with Crippen LogP contribution in [0.1, 0.15) is 24.3 Å². The summed E-state index contributed by atoms with van der Waals surface area (Å²) in [6, 6.07) is 9.12. The van der Waals surface area contributed by atoms with Crippen molar-refractivity contribution < 1.29 is 14.7 Å². The summed E-state index contributed by atoms with van der Waals surface area (Å²) in [6.45, 7) is 1.21. The number of amidine groups is 1. The highest BCUT2D eigenvalue weighted by Gasteiger charge is 2.32. The van der Waals surface area contributed by atoms with Crippen molar-refractivity contribution in [2.45, 2.75) is 24.9 Å². The number of nitrogens with zero attached hydrogens (tertiary/aromatic N) is 2. The first kappa shape index (κ1) is 15.3. The first-order chi connectivity index (χ1) is 10.2. The van der Waals surface area contributed by atoms with Gasteiger partial charge in [0.1, 0.15) is 5.92 Å². The fourth-order valence-electron chi connectivity index (χ4n) is 2.66. The first-order valence-electron chi connectivity index (χ1n) is 7.01. The zero-order valence-electron chi connectivity index (χ0n) is 12.1. The van der Waals surface area contributed by atoms with Crippen molar-refractivity contribution in [2.24, 2.45) is 10.9 Å². The number of hydrogen-bond acceptors (Lipinski definition) is 4. The van der Waals surface area contributed by atoms with Crippen LogP contribution in [0.5, 0.6) is 0 Å². The molecule has 1 aromatic carbocycles. The molecule has 6 heteroatoms. The van der Waals surface area contributed by atoms with Gasteiger partial charge in [-0.3, -0.25) is 4.79 Å². The van der Waals surface area contributed by atoms with E-state index in [1.807, 2.05) is 18.2 Å². The molecule has 0 radical (unpaired) electrons. The Balaban J connectivity index is 2.23. The summed E-state index contributed by atoms with van der Waals surface area (Å²) in [5, 5.41) is 12.0. The Morgan fingerprint density at radius 2 is 2.19 bits per heavy atom. The number of oxime groups is 1. The number of methoxy groups -OCH3 is 1. The van der Waals surface area contributed by atoms with Crippen LogP contribution in [-0.2, 0) is 9.53 Å². The number of carbonyl (C=O) groups excluding carboxylic acids is 1. The van der Waals surface area contributed by atoms with Gasteiger partial charge in [-0.2, -0.15) is 0 Å². The zero-order chi connectivity index (χ0) is 15.2. The lowest BCUT2D eigenvalue weighted by atomic mass is 9.95. The van der Waals surface area contributed by atoms with E-state index in [9.17, 15) is 4.79 Å². The number of benzene rings is 1. The van der Waals surface area contributed by atoms with Crippen LogP contribution >= 0.6 is 0 Å². The molecule has 1 amide bonds. The lowest BCUT2D eigenvalue weighted by molar-refractivity contribution is -0.134. The molecule has 1 aliphatic heterocycles. The number of piperidine rings is 1. The highest BCUT2D eigenvalue weighted by molar-refractivity contribution is 6.07. The van der Waals surface area contributed by atoms with Crippen molar-refractivity contribution >= 4 is 11.7 Å². The standard InChI is InChI=1S/C15H21N3O3/c1-21-12-8-5-9-18(10-12)15(19)13(14(16)17-20)11-6-3-2-4-7-11/h2-4,6-7,12-13,20H,5,8-10H2,1H3,(H2,16,17). The van der Waals surface area contributed by atoms with Gasteiger partial charge in [0, 0.05) is 20.2 Å². The summed E-state index contributed by atoms with van der Waals surface area (Å²) in [4.78, 5) is 14.5. The van der Waals surface area contributed by atoms with E-state index < -0.39 is 5.92 Å². The molecule has 2 rings (SSSR count). The summed E-state index contributed by atoms with van der Waals surface area (Å²) in [5.41, 5.74) is 6.46. The van der Waals surface area contributed by atoms with Gasteiger partial charge >= 0.3 is 0 Å². The molecule has 2 atom stereocenters. The fourth-order valence-corrected chi connectivity index (χ4v) is 2.66. The number of ether oxygens (including phenoxy) is 1. The van der Waals surface area contributed by atoms with E-state index in [0.29, 0.717) is 13.1 Å². The Kier molecular flexibility index (Phi) is 5.16. The van der Waals surface area contributed by atoms with Crippen LogP contribution in [0.3, 0.4) is 0 Å². The van der Waals surface area contributed by atoms with Crippen LogP contribution in [0.2, 0.25) is 0 Å². The quantitative estimate of drug-likeness (QED) is 0.377. The smallest absolute Gasteiger partial charge is 0.237 e. The topological polar surface area (TPSA) is 88.2 Å². The van der Waals surface area contributed by atoms with Crippen molar-refractivity contribution in [3.05, 3.63) is 35.9 Å². The molecule has 114 valence electrons. The molecular formula is C15H21N3O3. The van der Waals surface area contributed by atoms with Crippen molar-refractivity contribution in [1.29, 1.82) is 0 Å². The summed E-state index contributed by atoms with van der Waals surface area (Å²) in [5.74, 6) is -1.00. The zero-order valence-corrected chi connectivity index (χ0v) is 12.1. The largest absolute Gasteiger partial charge is 0.409 e. The second-order valence-electron chi connectivity index (χ2n) is 5.15. The maximum atomic E-state index is 12.8. The normalized spacial score (nSPS) is 21.1. The summed E-state index contributed by atoms with van der Waals surface area (Å²) < 4.78 is 5.34. The van der Waals surface area contributed by atoms with Gasteiger partial charge in [0.15, 0.2) is 5.84 Å². The second-order valence-corrected chi connectivity index (χ2v) is 5.15. The van der Waals surface area contributed by atoms with Crippen LogP contribution < -0.4 is 5.73 Å². The highest BCUT2D eigenvalue weighted by atomic mass is 16.5. The molecular weight excluding hydrogens is 270 g/mol. The fraction of sp³-hybridized carbons (Fsp3) is 0.467. The lowest BCUT2D eigenvalue weighted by Crippen LogP contribution is -2.47. The third-order valence-corrected chi connectivity index (χ3v) is 3.81. The Morgan fingerprint density at radius 1 is 1.48 bits per heavy atom. The molecule has 3 N–H and O–H groups in total. The lowest BCUT2D eigenvalue weighted by Gasteiger charge is -2.34. The molecule has 1 aromatic rings. The summed E-state index contributed by atoms with van der Waals surface area (Å²) in [6.07, 6.45) is 1.88. The molecule has 1 fully saturated rings. The maximum absolute atomic E-state index is 12.8. The number of carbonyl (C=O) groups is 1. The predicted molar refractivity (Wildman–Crippen MR) is 79.2 cm³/mol. The van der Waals surface area contributed by atoms with E-state index in [0.717, 1.165) is 18.4 Å². The molecule has 21 heavy (non-hydrogen) atoms. The average Bonchev–Trinajstić information content (AvgIpc) is 2.55. The molecule has 1 heterocycles. The van der Waals surface area contributed by atoms with Crippen LogP contribution in [0.25, 0.3) is 0 Å². The number of rotatable bonds is 4. The molecule has 0 aromatic heterocycles. The molecule has 1 aliphatic rings. The number of likely N-dealkylation sites (tertiary alicyclic amines) is 1. The van der Waals surface area contributed by atoms with Crippen molar-refractivity contribution in [3.63, 3.8) is 0 Å². The van der Waals surface area contributed by atoms with Crippen molar-refractivity contribution in [1.82, 2.24) is 4.90 Å². The third kappa shape index (κ3) is 3.52. The van der Waals surface area contributed by atoms with E-state index in [1.165, 1.54) is 0 Å². The van der Waals surface area contributed by atoms with E-state index >= 15 is 0 Å². The molecule has 0 spiro atoms. The number of amides is 1. The molecule has 0 aliphatic carbocycles. The molecule has 1 saturated heterocycles. The Morgan fingerprint density at radius 3 is 2.81 bits per heavy atom. The molecule has 2 unspecified atom stereocenters. The van der Waals surface area contributed by atoms with Crippen LogP contribution in [-0.4, -0.2) is 48.2 Å². The van der Waals surface area contributed by atoms with Gasteiger partial charge in [0.25, 0.3) is 0 Å². The van der Waals surface area contributed by atoms with E-state index in [2.05, 4.69) is 5.16 Å². The molecule has 6 nitrogen and oxygen atoms in total. The van der Waals surface area contributed by atoms with E-state index in [-0.39, 0.29) is 17.8 Å². The van der Waals surface area contributed by atoms with Crippen LogP contribution in [0, 0.1) is 0 Å². The maximum Gasteiger partial charge on any atom is 0.237 e. The summed E-state index contributed by atoms with van der Waals surface area (Å²) >= 11 is 0. The van der Waals surface area contributed by atoms with Gasteiger partial charge in [-0.15, -0.1) is 0 Å². The average molecular weight is 291 g/mol. The van der Waals surface area contributed by atoms with Crippen LogP contribution in [0.4, 0.5) is 0 Å². The van der Waals surface area contributed by atoms with Gasteiger partial charge in [0.05, 0.1) is 6.10 Å². The van der Waals surface area contributed by atoms with Crippen molar-refractivity contribution in [2.75, 3.05) is 20.2 Å². The minimum atomic E-state index is -0.758. The number of nitrogens with two attached hydrogens (primary N) is 1. The van der Waals surface area contributed by atoms with Gasteiger partial charge in [-0.25, -0.2) is 0 Å². The molecule has 0 bridgehead atoms. The van der Waals surface area contributed by atoms with Gasteiger partial charge in [-0.1, -0.05) is 35.5 Å². The van der Waals surface area contributed by atoms with Crippen LogP contribution in [0.15, 0.2) is 35.5 Å². The third-order valence-electron chi connectivity index (χ3n) is 3.81. The monoisotopic (exact) mass is 291 g/mol. The molecule has 0 saturated carbocycles. The van der Waals surface area contributed by atoms with Gasteiger partial charge in [-0.05, 0) is 18.4 Å².